The summed E-state index contributed by atoms with van der Waals surface area (Å²) >= 11 is 0. The third-order valence-corrected chi connectivity index (χ3v) is 3.06. The second-order valence-electron chi connectivity index (χ2n) is 4.59. The van der Waals surface area contributed by atoms with Gasteiger partial charge in [-0.15, -0.1) is 0 Å². The van der Waals surface area contributed by atoms with Gasteiger partial charge in [-0.2, -0.15) is 5.26 Å². The number of rotatable bonds is 5. The Morgan fingerprint density at radius 3 is 2.48 bits per heavy atom. The van der Waals surface area contributed by atoms with Crippen LogP contribution in [0.4, 0.5) is 11.4 Å². The van der Waals surface area contributed by atoms with E-state index < -0.39 is 17.3 Å². The van der Waals surface area contributed by atoms with E-state index in [1.54, 1.807) is 37.3 Å². The van der Waals surface area contributed by atoms with Gasteiger partial charge in [0.15, 0.2) is 5.57 Å². The van der Waals surface area contributed by atoms with E-state index >= 15 is 0 Å². The molecule has 23 heavy (non-hydrogen) atoms. The molecule has 0 saturated carbocycles. The predicted octanol–water partition coefficient (Wildman–Crippen LogP) is 3.79. The Hall–Kier alpha value is -3.26. The second kappa shape index (κ2) is 7.66. The van der Waals surface area contributed by atoms with Crippen LogP contribution in [-0.2, 0) is 9.53 Å². The summed E-state index contributed by atoms with van der Waals surface area (Å²) in [6, 6.07) is 18.0. The predicted molar refractivity (Wildman–Crippen MR) is 88.0 cm³/mol. The molecule has 0 heterocycles. The first-order valence-corrected chi connectivity index (χ1v) is 7.09. The number of aliphatic hydroxyl groups is 1. The molecule has 0 saturated heterocycles. The quantitative estimate of drug-likeness (QED) is 0.380. The zero-order valence-electron chi connectivity index (χ0n) is 12.6. The Labute approximate surface area is 134 Å². The molecule has 116 valence electrons. The Balaban J connectivity index is 2.43. The molecular formula is C18H16N2O3. The van der Waals surface area contributed by atoms with Gasteiger partial charge in [-0.1, -0.05) is 30.3 Å². The molecule has 5 nitrogen and oxygen atoms in total. The number of carbonyl (C=O) groups is 1. The van der Waals surface area contributed by atoms with Gasteiger partial charge in [0.25, 0.3) is 0 Å². The van der Waals surface area contributed by atoms with Crippen LogP contribution in [0.3, 0.4) is 0 Å². The Bertz CT molecular complexity index is 761. The first-order chi connectivity index (χ1) is 11.2. The molecule has 0 aliphatic heterocycles. The van der Waals surface area contributed by atoms with Crippen molar-refractivity contribution in [1.82, 2.24) is 0 Å². The van der Waals surface area contributed by atoms with Gasteiger partial charge in [0.05, 0.1) is 6.61 Å². The summed E-state index contributed by atoms with van der Waals surface area (Å²) in [6.45, 7) is 1.76. The molecular weight excluding hydrogens is 292 g/mol. The molecule has 0 unspecified atom stereocenters. The van der Waals surface area contributed by atoms with Crippen molar-refractivity contribution in [2.45, 2.75) is 6.92 Å². The van der Waals surface area contributed by atoms with Crippen LogP contribution in [0, 0.1) is 11.3 Å². The van der Waals surface area contributed by atoms with Gasteiger partial charge in [0, 0.05) is 16.9 Å². The average Bonchev–Trinajstić information content (AvgIpc) is 2.57. The SMILES string of the molecule is CCOC(=O)/C(C#N)=C(/O)c1ccccc1Nc1ccccc1. The molecule has 0 radical (unpaired) electrons. The highest BCUT2D eigenvalue weighted by atomic mass is 16.5. The van der Waals surface area contributed by atoms with Crippen LogP contribution in [0.1, 0.15) is 12.5 Å². The lowest BCUT2D eigenvalue weighted by Gasteiger charge is -2.12. The highest BCUT2D eigenvalue weighted by Gasteiger charge is 2.19. The number of ether oxygens (including phenoxy) is 1. The number of para-hydroxylation sites is 2. The van der Waals surface area contributed by atoms with E-state index in [9.17, 15) is 9.90 Å². The highest BCUT2D eigenvalue weighted by Crippen LogP contribution is 2.27. The zero-order valence-corrected chi connectivity index (χ0v) is 12.6. The molecule has 2 aromatic carbocycles. The van der Waals surface area contributed by atoms with Crippen molar-refractivity contribution in [3.63, 3.8) is 0 Å². The molecule has 0 bridgehead atoms. The van der Waals surface area contributed by atoms with E-state index in [0.29, 0.717) is 11.3 Å². The van der Waals surface area contributed by atoms with Gasteiger partial charge in [0.2, 0.25) is 0 Å². The van der Waals surface area contributed by atoms with Crippen LogP contribution in [0.25, 0.3) is 5.76 Å². The number of aliphatic hydroxyl groups excluding tert-OH is 1. The van der Waals surface area contributed by atoms with Crippen LogP contribution in [0.2, 0.25) is 0 Å². The molecule has 0 aromatic heterocycles. The second-order valence-corrected chi connectivity index (χ2v) is 4.59. The van der Waals surface area contributed by atoms with Crippen LogP contribution >= 0.6 is 0 Å². The topological polar surface area (TPSA) is 82.4 Å². The highest BCUT2D eigenvalue weighted by molar-refractivity contribution is 6.01. The lowest BCUT2D eigenvalue weighted by atomic mass is 10.1. The van der Waals surface area contributed by atoms with E-state index in [2.05, 4.69) is 5.32 Å². The average molecular weight is 308 g/mol. The molecule has 0 amide bonds. The van der Waals surface area contributed by atoms with Gasteiger partial charge in [0.1, 0.15) is 11.8 Å². The van der Waals surface area contributed by atoms with Gasteiger partial charge >= 0.3 is 5.97 Å². The Morgan fingerprint density at radius 1 is 1.17 bits per heavy atom. The maximum atomic E-state index is 11.8. The monoisotopic (exact) mass is 308 g/mol. The van der Waals surface area contributed by atoms with Gasteiger partial charge in [-0.05, 0) is 31.2 Å². The van der Waals surface area contributed by atoms with Crippen LogP contribution < -0.4 is 5.32 Å². The number of anilines is 2. The van der Waals surface area contributed by atoms with Crippen molar-refractivity contribution < 1.29 is 14.6 Å². The fraction of sp³-hybridized carbons (Fsp3) is 0.111. The fourth-order valence-corrected chi connectivity index (χ4v) is 2.01. The molecule has 2 rings (SSSR count). The lowest BCUT2D eigenvalue weighted by Crippen LogP contribution is -2.09. The van der Waals surface area contributed by atoms with E-state index in [1.807, 2.05) is 30.3 Å². The third-order valence-electron chi connectivity index (χ3n) is 3.06. The van der Waals surface area contributed by atoms with Gasteiger partial charge in [-0.3, -0.25) is 0 Å². The molecule has 2 aromatic rings. The summed E-state index contributed by atoms with van der Waals surface area (Å²) in [5, 5.41) is 22.6. The van der Waals surface area contributed by atoms with Crippen molar-refractivity contribution in [1.29, 1.82) is 5.26 Å². The number of carbonyl (C=O) groups excluding carboxylic acids is 1. The number of nitriles is 1. The molecule has 2 N–H and O–H groups in total. The van der Waals surface area contributed by atoms with Gasteiger partial charge in [-0.25, -0.2) is 4.79 Å². The van der Waals surface area contributed by atoms with Gasteiger partial charge < -0.3 is 15.2 Å². The molecule has 0 spiro atoms. The smallest absolute Gasteiger partial charge is 0.352 e. The summed E-state index contributed by atoms with van der Waals surface area (Å²) in [4.78, 5) is 11.8. The minimum Gasteiger partial charge on any atom is -0.506 e. The molecule has 0 fully saturated rings. The van der Waals surface area contributed by atoms with Crippen molar-refractivity contribution >= 4 is 23.1 Å². The summed E-state index contributed by atoms with van der Waals surface area (Å²) in [6.07, 6.45) is 0. The number of hydrogen-bond acceptors (Lipinski definition) is 5. The lowest BCUT2D eigenvalue weighted by molar-refractivity contribution is -0.138. The number of nitrogens with zero attached hydrogens (tertiary/aromatic N) is 1. The van der Waals surface area contributed by atoms with Crippen molar-refractivity contribution in [2.75, 3.05) is 11.9 Å². The maximum absolute atomic E-state index is 11.8. The van der Waals surface area contributed by atoms with Crippen molar-refractivity contribution in [3.05, 3.63) is 65.7 Å². The van der Waals surface area contributed by atoms with E-state index in [4.69, 9.17) is 10.00 Å². The number of esters is 1. The standard InChI is InChI=1S/C18H16N2O3/c1-2-23-18(22)15(12-19)17(21)14-10-6-7-11-16(14)20-13-8-4-3-5-9-13/h3-11,20-21H,2H2,1H3/b17-15+. The summed E-state index contributed by atoms with van der Waals surface area (Å²) in [5.74, 6) is -1.26. The first kappa shape index (κ1) is 16.1. The third kappa shape index (κ3) is 3.89. The fourth-order valence-electron chi connectivity index (χ4n) is 2.01. The summed E-state index contributed by atoms with van der Waals surface area (Å²) in [7, 11) is 0. The molecule has 5 heteroatoms. The molecule has 0 atom stereocenters. The number of nitrogens with one attached hydrogen (secondary N) is 1. The minimum atomic E-state index is -0.845. The molecule has 0 aliphatic rings. The summed E-state index contributed by atoms with van der Waals surface area (Å²) < 4.78 is 4.80. The summed E-state index contributed by atoms with van der Waals surface area (Å²) in [5.41, 5.74) is 1.32. The Kier molecular flexibility index (Phi) is 5.37. The number of hydrogen-bond donors (Lipinski definition) is 2. The van der Waals surface area contributed by atoms with E-state index in [1.165, 1.54) is 0 Å². The van der Waals surface area contributed by atoms with Crippen molar-refractivity contribution in [2.24, 2.45) is 0 Å². The normalized spacial score (nSPS) is 11.1. The minimum absolute atomic E-state index is 0.126. The molecule has 0 aliphatic carbocycles. The van der Waals surface area contributed by atoms with E-state index in [0.717, 1.165) is 5.69 Å². The first-order valence-electron chi connectivity index (χ1n) is 7.09. The number of benzene rings is 2. The van der Waals surface area contributed by atoms with Crippen LogP contribution in [0.5, 0.6) is 0 Å². The Morgan fingerprint density at radius 2 is 1.83 bits per heavy atom. The van der Waals surface area contributed by atoms with E-state index in [-0.39, 0.29) is 6.61 Å². The zero-order chi connectivity index (χ0) is 16.7. The largest absolute Gasteiger partial charge is 0.506 e. The maximum Gasteiger partial charge on any atom is 0.352 e. The van der Waals surface area contributed by atoms with Crippen LogP contribution in [-0.4, -0.2) is 17.7 Å². The van der Waals surface area contributed by atoms with Crippen LogP contribution in [0.15, 0.2) is 60.2 Å². The van der Waals surface area contributed by atoms with Crippen molar-refractivity contribution in [3.8, 4) is 6.07 Å².